The summed E-state index contributed by atoms with van der Waals surface area (Å²) in [6.45, 7) is 4.05. The number of piperidine rings is 1. The summed E-state index contributed by atoms with van der Waals surface area (Å²) in [6.07, 6.45) is 6.69. The predicted octanol–water partition coefficient (Wildman–Crippen LogP) is 1.86. The Hall–Kier alpha value is -1.49. The van der Waals surface area contributed by atoms with E-state index in [-0.39, 0.29) is 11.8 Å². The molecular formula is C16H25N3O2. The molecule has 0 bridgehead atoms. The molecule has 21 heavy (non-hydrogen) atoms. The molecule has 2 aliphatic rings. The van der Waals surface area contributed by atoms with E-state index in [4.69, 9.17) is 5.73 Å². The van der Waals surface area contributed by atoms with Crippen LogP contribution in [0.15, 0.2) is 12.3 Å². The maximum Gasteiger partial charge on any atom is 0.270 e. The van der Waals surface area contributed by atoms with E-state index in [9.17, 15) is 9.90 Å². The van der Waals surface area contributed by atoms with E-state index in [1.54, 1.807) is 6.07 Å². The van der Waals surface area contributed by atoms with Crippen molar-refractivity contribution in [2.45, 2.75) is 51.2 Å². The van der Waals surface area contributed by atoms with Crippen LogP contribution in [0.25, 0.3) is 0 Å². The summed E-state index contributed by atoms with van der Waals surface area (Å²) in [4.78, 5) is 14.6. The summed E-state index contributed by atoms with van der Waals surface area (Å²) in [6, 6.07) is 1.76. The van der Waals surface area contributed by atoms with E-state index in [1.807, 2.05) is 22.6 Å². The van der Waals surface area contributed by atoms with Gasteiger partial charge in [-0.1, -0.05) is 12.8 Å². The minimum atomic E-state index is -0.541. The molecule has 0 aromatic carbocycles. The van der Waals surface area contributed by atoms with Gasteiger partial charge >= 0.3 is 0 Å². The third kappa shape index (κ3) is 2.55. The van der Waals surface area contributed by atoms with Crippen LogP contribution in [0.2, 0.25) is 0 Å². The molecule has 1 saturated heterocycles. The minimum absolute atomic E-state index is 0.0428. The largest absolute Gasteiger partial charge is 0.397 e. The van der Waals surface area contributed by atoms with Crippen molar-refractivity contribution in [2.75, 3.05) is 18.8 Å². The number of hydrogen-bond donors (Lipinski definition) is 2. The van der Waals surface area contributed by atoms with Crippen LogP contribution in [0.1, 0.15) is 49.5 Å². The predicted molar refractivity (Wildman–Crippen MR) is 81.9 cm³/mol. The number of nitrogens with two attached hydrogens (primary N) is 1. The second-order valence-electron chi connectivity index (χ2n) is 6.49. The van der Waals surface area contributed by atoms with Crippen LogP contribution in [0.4, 0.5) is 5.69 Å². The molecule has 5 nitrogen and oxygen atoms in total. The third-order valence-corrected chi connectivity index (χ3v) is 5.19. The number of nitrogens with zero attached hydrogens (tertiary/aromatic N) is 2. The standard InChI is InChI=1S/C16H25N3O2/c1-2-18-11-13(17)9-14(18)15(20)19-8-7-16(21)6-4-3-5-12(16)10-19/h9,11-12,21H,2-8,10,17H2,1H3. The Labute approximate surface area is 125 Å². The molecule has 2 fully saturated rings. The number of aryl methyl sites for hydroxylation is 1. The smallest absolute Gasteiger partial charge is 0.270 e. The number of hydrogen-bond acceptors (Lipinski definition) is 3. The molecule has 1 aliphatic heterocycles. The Kier molecular flexibility index (Phi) is 3.69. The van der Waals surface area contributed by atoms with Crippen molar-refractivity contribution in [3.05, 3.63) is 18.0 Å². The number of rotatable bonds is 2. The van der Waals surface area contributed by atoms with Crippen LogP contribution < -0.4 is 5.73 Å². The van der Waals surface area contributed by atoms with Crippen LogP contribution in [-0.4, -0.2) is 39.2 Å². The summed E-state index contributed by atoms with van der Waals surface area (Å²) in [5.41, 5.74) is 6.57. The van der Waals surface area contributed by atoms with E-state index in [1.165, 1.54) is 0 Å². The van der Waals surface area contributed by atoms with Gasteiger partial charge in [0.1, 0.15) is 5.69 Å². The summed E-state index contributed by atoms with van der Waals surface area (Å²) < 4.78 is 1.90. The third-order valence-electron chi connectivity index (χ3n) is 5.19. The number of anilines is 1. The molecule has 2 heterocycles. The highest BCUT2D eigenvalue weighted by molar-refractivity contribution is 5.94. The van der Waals surface area contributed by atoms with Crippen LogP contribution >= 0.6 is 0 Å². The van der Waals surface area contributed by atoms with Crippen molar-refractivity contribution in [3.8, 4) is 0 Å². The van der Waals surface area contributed by atoms with Gasteiger partial charge in [-0.25, -0.2) is 0 Å². The highest BCUT2D eigenvalue weighted by Crippen LogP contribution is 2.40. The van der Waals surface area contributed by atoms with Gasteiger partial charge in [0.15, 0.2) is 0 Å². The van der Waals surface area contributed by atoms with Crippen LogP contribution in [-0.2, 0) is 6.54 Å². The van der Waals surface area contributed by atoms with Gasteiger partial charge in [-0.3, -0.25) is 4.79 Å². The zero-order valence-corrected chi connectivity index (χ0v) is 12.7. The monoisotopic (exact) mass is 291 g/mol. The first-order chi connectivity index (χ1) is 10.0. The van der Waals surface area contributed by atoms with Crippen molar-refractivity contribution in [2.24, 2.45) is 5.92 Å². The molecule has 0 spiro atoms. The van der Waals surface area contributed by atoms with Crippen LogP contribution in [0, 0.1) is 5.92 Å². The zero-order valence-electron chi connectivity index (χ0n) is 12.7. The number of amides is 1. The summed E-state index contributed by atoms with van der Waals surface area (Å²) in [5, 5.41) is 10.7. The molecule has 3 N–H and O–H groups in total. The minimum Gasteiger partial charge on any atom is -0.397 e. The number of likely N-dealkylation sites (tertiary alicyclic amines) is 1. The molecule has 2 unspecified atom stereocenters. The first kappa shape index (κ1) is 14.4. The lowest BCUT2D eigenvalue weighted by molar-refractivity contribution is -0.0887. The normalized spacial score (nSPS) is 29.2. The highest BCUT2D eigenvalue weighted by atomic mass is 16.3. The molecule has 116 valence electrons. The van der Waals surface area contributed by atoms with Crippen LogP contribution in [0.3, 0.4) is 0 Å². The molecule has 1 aromatic rings. The summed E-state index contributed by atoms with van der Waals surface area (Å²) in [7, 11) is 0. The highest BCUT2D eigenvalue weighted by Gasteiger charge is 2.44. The lowest BCUT2D eigenvalue weighted by Crippen LogP contribution is -2.54. The van der Waals surface area contributed by atoms with Gasteiger partial charge in [0, 0.05) is 31.7 Å². The first-order valence-electron chi connectivity index (χ1n) is 8.01. The Bertz CT molecular complexity index is 540. The van der Waals surface area contributed by atoms with E-state index >= 15 is 0 Å². The topological polar surface area (TPSA) is 71.5 Å². The van der Waals surface area contributed by atoms with Gasteiger partial charge in [0.25, 0.3) is 5.91 Å². The van der Waals surface area contributed by atoms with Crippen LogP contribution in [0.5, 0.6) is 0 Å². The van der Waals surface area contributed by atoms with Gasteiger partial charge in [-0.05, 0) is 32.3 Å². The van der Waals surface area contributed by atoms with E-state index in [0.717, 1.165) is 32.2 Å². The van der Waals surface area contributed by atoms with E-state index in [0.29, 0.717) is 30.9 Å². The lowest BCUT2D eigenvalue weighted by atomic mass is 9.71. The number of fused-ring (bicyclic) bond motifs is 1. The van der Waals surface area contributed by atoms with Crippen molar-refractivity contribution < 1.29 is 9.90 Å². The average Bonchev–Trinajstić information content (AvgIpc) is 2.86. The number of carbonyl (C=O) groups is 1. The number of nitrogen functional groups attached to an aromatic ring is 1. The molecule has 5 heteroatoms. The SMILES string of the molecule is CCn1cc(N)cc1C(=O)N1CCC2(O)CCCCC2C1. The fraction of sp³-hybridized carbons (Fsp3) is 0.688. The molecule has 1 aromatic heterocycles. The van der Waals surface area contributed by atoms with E-state index < -0.39 is 5.60 Å². The maximum atomic E-state index is 12.7. The Morgan fingerprint density at radius 2 is 2.29 bits per heavy atom. The molecule has 0 radical (unpaired) electrons. The zero-order chi connectivity index (χ0) is 15.0. The second-order valence-corrected chi connectivity index (χ2v) is 6.49. The molecular weight excluding hydrogens is 266 g/mol. The summed E-state index contributed by atoms with van der Waals surface area (Å²) >= 11 is 0. The molecule has 2 atom stereocenters. The fourth-order valence-electron chi connectivity index (χ4n) is 3.89. The van der Waals surface area contributed by atoms with Gasteiger partial charge in [-0.15, -0.1) is 0 Å². The van der Waals surface area contributed by atoms with Gasteiger partial charge < -0.3 is 20.3 Å². The van der Waals surface area contributed by atoms with Crippen molar-refractivity contribution >= 4 is 11.6 Å². The maximum absolute atomic E-state index is 12.7. The number of aliphatic hydroxyl groups is 1. The molecule has 1 saturated carbocycles. The molecule has 3 rings (SSSR count). The lowest BCUT2D eigenvalue weighted by Gasteiger charge is -2.47. The van der Waals surface area contributed by atoms with Gasteiger partial charge in [0.2, 0.25) is 0 Å². The summed E-state index contributed by atoms with van der Waals surface area (Å²) in [5.74, 6) is 0.271. The second kappa shape index (κ2) is 5.37. The van der Waals surface area contributed by atoms with Gasteiger partial charge in [-0.2, -0.15) is 0 Å². The average molecular weight is 291 g/mol. The number of aromatic nitrogens is 1. The van der Waals surface area contributed by atoms with Gasteiger partial charge in [0.05, 0.1) is 11.3 Å². The Morgan fingerprint density at radius 1 is 1.48 bits per heavy atom. The van der Waals surface area contributed by atoms with Crippen molar-refractivity contribution in [1.82, 2.24) is 9.47 Å². The van der Waals surface area contributed by atoms with Crippen molar-refractivity contribution in [1.29, 1.82) is 0 Å². The first-order valence-corrected chi connectivity index (χ1v) is 8.01. The molecule has 1 amide bonds. The quantitative estimate of drug-likeness (QED) is 0.873. The van der Waals surface area contributed by atoms with Crippen molar-refractivity contribution in [3.63, 3.8) is 0 Å². The van der Waals surface area contributed by atoms with E-state index in [2.05, 4.69) is 0 Å². The fourth-order valence-corrected chi connectivity index (χ4v) is 3.89. The Balaban J connectivity index is 1.77. The molecule has 1 aliphatic carbocycles. The number of carbonyl (C=O) groups excluding carboxylic acids is 1. The Morgan fingerprint density at radius 3 is 3.05 bits per heavy atom.